The van der Waals surface area contributed by atoms with Crippen LogP contribution in [0.4, 0.5) is 5.95 Å². The third-order valence-electron chi connectivity index (χ3n) is 4.61. The topological polar surface area (TPSA) is 119 Å². The summed E-state index contributed by atoms with van der Waals surface area (Å²) in [5, 5.41) is 18.9. The second-order valence-corrected chi connectivity index (χ2v) is 6.41. The van der Waals surface area contributed by atoms with Gasteiger partial charge in [0.05, 0.1) is 13.2 Å². The smallest absolute Gasteiger partial charge is 0.247 e. The number of nitrogens with two attached hydrogens (primary N) is 1. The number of fused-ring (bicyclic) bond motifs is 1. The second-order valence-electron chi connectivity index (χ2n) is 6.41. The molecule has 1 aliphatic rings. The molecule has 0 amide bonds. The summed E-state index contributed by atoms with van der Waals surface area (Å²) >= 11 is 0. The normalized spacial score (nSPS) is 16.9. The molecule has 8 heteroatoms. The fourth-order valence-corrected chi connectivity index (χ4v) is 2.86. The van der Waals surface area contributed by atoms with Gasteiger partial charge in [0, 0.05) is 11.6 Å². The molecule has 26 heavy (non-hydrogen) atoms. The highest BCUT2D eigenvalue weighted by Gasteiger charge is 2.48. The van der Waals surface area contributed by atoms with Crippen LogP contribution in [0, 0.1) is 5.41 Å². The van der Waals surface area contributed by atoms with E-state index in [0.29, 0.717) is 30.1 Å². The predicted molar refractivity (Wildman–Crippen MR) is 96.0 cm³/mol. The van der Waals surface area contributed by atoms with E-state index >= 15 is 0 Å². The second kappa shape index (κ2) is 6.40. The molecular weight excluding hydrogens is 334 g/mol. The van der Waals surface area contributed by atoms with E-state index in [1.165, 1.54) is 0 Å². The van der Waals surface area contributed by atoms with Gasteiger partial charge in [-0.1, -0.05) is 30.3 Å². The Morgan fingerprint density at radius 1 is 1.19 bits per heavy atom. The molecule has 4 N–H and O–H groups in total. The lowest BCUT2D eigenvalue weighted by Crippen LogP contribution is -2.12. The molecule has 4 rings (SSSR count). The highest BCUT2D eigenvalue weighted by molar-refractivity contribution is 5.79. The first kappa shape index (κ1) is 16.5. The van der Waals surface area contributed by atoms with Gasteiger partial charge in [0.15, 0.2) is 11.2 Å². The van der Waals surface area contributed by atoms with E-state index in [-0.39, 0.29) is 19.2 Å². The predicted octanol–water partition coefficient (Wildman–Crippen LogP) is 1.20. The standard InChI is InChI=1S/C18H19N5O3/c19-17-21-15-14(16(22-17)26-8-12-4-2-1-3-5-12)20-11-23(15)7-13-6-18(13,9-24)10-25/h1-5,7,11,24-25H,6,8-10H2,(H2,19,21,22)/b13-7-. The molecule has 0 bridgehead atoms. The van der Waals surface area contributed by atoms with Crippen molar-refractivity contribution in [2.45, 2.75) is 13.0 Å². The molecule has 0 aliphatic heterocycles. The van der Waals surface area contributed by atoms with Crippen molar-refractivity contribution in [2.75, 3.05) is 18.9 Å². The van der Waals surface area contributed by atoms with Crippen LogP contribution in [0.3, 0.4) is 0 Å². The van der Waals surface area contributed by atoms with Gasteiger partial charge in [-0.3, -0.25) is 4.57 Å². The lowest BCUT2D eigenvalue weighted by atomic mass is 10.1. The Bertz CT molecular complexity index is 964. The van der Waals surface area contributed by atoms with Crippen LogP contribution in [0.15, 0.2) is 42.2 Å². The van der Waals surface area contributed by atoms with Crippen molar-refractivity contribution in [3.63, 3.8) is 0 Å². The number of hydrogen-bond acceptors (Lipinski definition) is 7. The number of aliphatic hydroxyl groups excluding tert-OH is 2. The van der Waals surface area contributed by atoms with Crippen molar-refractivity contribution in [1.29, 1.82) is 0 Å². The molecule has 0 radical (unpaired) electrons. The van der Waals surface area contributed by atoms with E-state index in [0.717, 1.165) is 11.1 Å². The van der Waals surface area contributed by atoms with E-state index in [4.69, 9.17) is 10.5 Å². The van der Waals surface area contributed by atoms with Crippen molar-refractivity contribution in [3.05, 3.63) is 47.8 Å². The number of anilines is 1. The van der Waals surface area contributed by atoms with Gasteiger partial charge in [0.25, 0.3) is 0 Å². The summed E-state index contributed by atoms with van der Waals surface area (Å²) in [5.41, 5.74) is 8.26. The fourth-order valence-electron chi connectivity index (χ4n) is 2.86. The SMILES string of the molecule is Nc1nc(OCc2ccccc2)c2ncn(/C=C3/CC3(CO)CO)c2n1. The van der Waals surface area contributed by atoms with Crippen molar-refractivity contribution < 1.29 is 14.9 Å². The molecule has 134 valence electrons. The number of hydrogen-bond donors (Lipinski definition) is 3. The van der Waals surface area contributed by atoms with Crippen LogP contribution in [0.1, 0.15) is 12.0 Å². The number of ether oxygens (including phenoxy) is 1. The molecule has 1 aromatic carbocycles. The Balaban J connectivity index is 1.65. The van der Waals surface area contributed by atoms with Gasteiger partial charge in [-0.05, 0) is 17.6 Å². The number of benzene rings is 1. The first-order valence-corrected chi connectivity index (χ1v) is 8.25. The third kappa shape index (κ3) is 2.89. The zero-order valence-corrected chi connectivity index (χ0v) is 14.0. The minimum absolute atomic E-state index is 0.0899. The quantitative estimate of drug-likeness (QED) is 0.609. The van der Waals surface area contributed by atoms with Gasteiger partial charge in [-0.2, -0.15) is 9.97 Å². The average molecular weight is 353 g/mol. The van der Waals surface area contributed by atoms with Crippen LogP contribution in [0.5, 0.6) is 5.88 Å². The van der Waals surface area contributed by atoms with Gasteiger partial charge in [-0.15, -0.1) is 0 Å². The number of aromatic nitrogens is 4. The summed E-state index contributed by atoms with van der Waals surface area (Å²) in [5.74, 6) is 0.409. The van der Waals surface area contributed by atoms with Crippen LogP contribution < -0.4 is 10.5 Å². The molecule has 0 saturated heterocycles. The highest BCUT2D eigenvalue weighted by Crippen LogP contribution is 2.51. The maximum atomic E-state index is 9.44. The first-order valence-electron chi connectivity index (χ1n) is 8.25. The Morgan fingerprint density at radius 2 is 1.96 bits per heavy atom. The van der Waals surface area contributed by atoms with Crippen LogP contribution in [-0.2, 0) is 6.61 Å². The van der Waals surface area contributed by atoms with E-state index in [1.807, 2.05) is 36.5 Å². The van der Waals surface area contributed by atoms with E-state index < -0.39 is 5.41 Å². The van der Waals surface area contributed by atoms with Gasteiger partial charge < -0.3 is 20.7 Å². The van der Waals surface area contributed by atoms with Crippen LogP contribution in [0.2, 0.25) is 0 Å². The molecule has 2 aromatic heterocycles. The zero-order chi connectivity index (χ0) is 18.1. The summed E-state index contributed by atoms with van der Waals surface area (Å²) in [6.45, 7) is 0.160. The van der Waals surface area contributed by atoms with Crippen molar-refractivity contribution in [1.82, 2.24) is 19.5 Å². The number of rotatable bonds is 6. The molecule has 3 aromatic rings. The monoisotopic (exact) mass is 353 g/mol. The lowest BCUT2D eigenvalue weighted by molar-refractivity contribution is 0.143. The molecular formula is C18H19N5O3. The van der Waals surface area contributed by atoms with Gasteiger partial charge in [0.2, 0.25) is 11.8 Å². The maximum Gasteiger partial charge on any atom is 0.247 e. The van der Waals surface area contributed by atoms with Crippen LogP contribution >= 0.6 is 0 Å². The Labute approximate surface area is 149 Å². The molecule has 0 unspecified atom stereocenters. The van der Waals surface area contributed by atoms with E-state index in [1.54, 1.807) is 10.9 Å². The third-order valence-corrected chi connectivity index (χ3v) is 4.61. The van der Waals surface area contributed by atoms with Gasteiger partial charge in [0.1, 0.15) is 12.9 Å². The molecule has 0 spiro atoms. The first-order chi connectivity index (χ1) is 12.6. The lowest BCUT2D eigenvalue weighted by Gasteiger charge is -2.07. The molecule has 8 nitrogen and oxygen atoms in total. The largest absolute Gasteiger partial charge is 0.471 e. The number of aliphatic hydroxyl groups is 2. The number of nitrogen functional groups attached to an aromatic ring is 1. The minimum atomic E-state index is -0.540. The van der Waals surface area contributed by atoms with Crippen molar-refractivity contribution in [2.24, 2.45) is 5.41 Å². The Kier molecular flexibility index (Phi) is 4.06. The highest BCUT2D eigenvalue weighted by atomic mass is 16.5. The van der Waals surface area contributed by atoms with Crippen LogP contribution in [-0.4, -0.2) is 42.9 Å². The Hall–Kier alpha value is -2.97. The molecule has 2 heterocycles. The average Bonchev–Trinajstić information content (AvgIpc) is 3.23. The summed E-state index contributed by atoms with van der Waals surface area (Å²) in [6, 6.07) is 9.74. The summed E-state index contributed by atoms with van der Waals surface area (Å²) in [6.07, 6.45) is 4.05. The maximum absolute atomic E-state index is 9.44. The molecule has 1 saturated carbocycles. The molecule has 1 aliphatic carbocycles. The molecule has 1 fully saturated rings. The summed E-state index contributed by atoms with van der Waals surface area (Å²) in [7, 11) is 0. The van der Waals surface area contributed by atoms with Crippen LogP contribution in [0.25, 0.3) is 17.4 Å². The number of imidazole rings is 1. The molecule has 0 atom stereocenters. The van der Waals surface area contributed by atoms with E-state index in [2.05, 4.69) is 15.0 Å². The van der Waals surface area contributed by atoms with E-state index in [9.17, 15) is 10.2 Å². The van der Waals surface area contributed by atoms with Crippen molar-refractivity contribution in [3.8, 4) is 5.88 Å². The van der Waals surface area contributed by atoms with Gasteiger partial charge in [-0.25, -0.2) is 4.98 Å². The van der Waals surface area contributed by atoms with Crippen molar-refractivity contribution >= 4 is 23.3 Å². The fraction of sp³-hybridized carbons (Fsp3) is 0.278. The Morgan fingerprint density at radius 3 is 2.65 bits per heavy atom. The van der Waals surface area contributed by atoms with Gasteiger partial charge >= 0.3 is 0 Å². The minimum Gasteiger partial charge on any atom is -0.471 e. The summed E-state index contributed by atoms with van der Waals surface area (Å²) in [4.78, 5) is 12.7. The summed E-state index contributed by atoms with van der Waals surface area (Å²) < 4.78 is 7.51. The zero-order valence-electron chi connectivity index (χ0n) is 14.0. The number of nitrogens with zero attached hydrogens (tertiary/aromatic N) is 4.